The van der Waals surface area contributed by atoms with E-state index in [1.165, 1.54) is 141 Å². The average Bonchev–Trinajstić information content (AvgIpc) is 2.89. The van der Waals surface area contributed by atoms with Crippen molar-refractivity contribution < 1.29 is 0 Å². The maximum Gasteiger partial charge on any atom is -0.00463 e. The van der Waals surface area contributed by atoms with Crippen LogP contribution in [-0.2, 0) is 11.8 Å². The lowest BCUT2D eigenvalue weighted by molar-refractivity contribution is 0.0305. The maximum atomic E-state index is 2.53. The van der Waals surface area contributed by atoms with Crippen molar-refractivity contribution in [3.63, 3.8) is 0 Å². The summed E-state index contributed by atoms with van der Waals surface area (Å²) >= 11 is 0. The quantitative estimate of drug-likeness (QED) is 0.240. The zero-order valence-corrected chi connectivity index (χ0v) is 23.0. The van der Waals surface area contributed by atoms with Gasteiger partial charge < -0.3 is 0 Å². The van der Waals surface area contributed by atoms with E-state index in [1.54, 1.807) is 11.1 Å². The molecular formula is C34H56. The first-order valence-electron chi connectivity index (χ1n) is 15.8. The summed E-state index contributed by atoms with van der Waals surface area (Å²) in [5.41, 5.74) is 4.51. The Bertz CT molecular complexity index is 665. The van der Waals surface area contributed by atoms with Crippen LogP contribution in [0.25, 0.3) is 0 Å². The monoisotopic (exact) mass is 464 g/mol. The summed E-state index contributed by atoms with van der Waals surface area (Å²) in [6.45, 7) is 4.67. The first-order chi connectivity index (χ1) is 16.7. The Labute approximate surface area is 213 Å². The fourth-order valence-electron chi connectivity index (χ4n) is 8.10. The van der Waals surface area contributed by atoms with Crippen LogP contribution in [-0.4, -0.2) is 0 Å². The molecule has 0 nitrogen and oxygen atoms in total. The van der Waals surface area contributed by atoms with Crippen molar-refractivity contribution in [3.05, 3.63) is 35.4 Å². The highest BCUT2D eigenvalue weighted by atomic mass is 14.5. The number of hydrogen-bond acceptors (Lipinski definition) is 0. The predicted octanol–water partition coefficient (Wildman–Crippen LogP) is 11.0. The number of aryl methyl sites for hydroxylation is 1. The van der Waals surface area contributed by atoms with E-state index in [9.17, 15) is 0 Å². The lowest BCUT2D eigenvalue weighted by atomic mass is 9.51. The number of benzene rings is 1. The van der Waals surface area contributed by atoms with Crippen LogP contribution in [0.4, 0.5) is 0 Å². The van der Waals surface area contributed by atoms with Crippen LogP contribution in [0.15, 0.2) is 24.3 Å². The van der Waals surface area contributed by atoms with Gasteiger partial charge in [-0.3, -0.25) is 0 Å². The van der Waals surface area contributed by atoms with Crippen LogP contribution >= 0.6 is 0 Å². The number of unbranched alkanes of at least 4 members (excludes halogenated alkanes) is 5. The van der Waals surface area contributed by atoms with Gasteiger partial charge in [0.1, 0.15) is 0 Å². The molecule has 1 aromatic carbocycles. The highest BCUT2D eigenvalue weighted by Gasteiger charge is 2.48. The minimum Gasteiger partial charge on any atom is -0.0654 e. The van der Waals surface area contributed by atoms with Gasteiger partial charge in [-0.05, 0) is 91.6 Å². The molecule has 0 spiro atoms. The molecule has 0 atom stereocenters. The van der Waals surface area contributed by atoms with E-state index < -0.39 is 0 Å². The summed E-state index contributed by atoms with van der Waals surface area (Å²) in [7, 11) is 0. The van der Waals surface area contributed by atoms with Crippen molar-refractivity contribution in [1.29, 1.82) is 0 Å². The van der Waals surface area contributed by atoms with Crippen LogP contribution in [0, 0.1) is 17.3 Å². The Balaban J connectivity index is 1.14. The van der Waals surface area contributed by atoms with E-state index in [-0.39, 0.29) is 0 Å². The second-order valence-electron chi connectivity index (χ2n) is 13.1. The van der Waals surface area contributed by atoms with Crippen molar-refractivity contribution in [2.45, 2.75) is 161 Å². The molecule has 4 saturated carbocycles. The molecule has 192 valence electrons. The summed E-state index contributed by atoms with van der Waals surface area (Å²) in [5, 5.41) is 0. The Hall–Kier alpha value is -0.780. The molecule has 0 aliphatic heterocycles. The van der Waals surface area contributed by atoms with Gasteiger partial charge in [0.05, 0.1) is 0 Å². The molecule has 0 unspecified atom stereocenters. The number of hydrogen-bond donors (Lipinski definition) is 0. The molecule has 0 N–H and O–H groups in total. The third-order valence-electron chi connectivity index (χ3n) is 10.8. The van der Waals surface area contributed by atoms with Crippen LogP contribution < -0.4 is 0 Å². The van der Waals surface area contributed by atoms with E-state index >= 15 is 0 Å². The number of fused-ring (bicyclic) bond motifs is 3. The molecule has 0 radical (unpaired) electrons. The van der Waals surface area contributed by atoms with Crippen LogP contribution in [0.2, 0.25) is 0 Å². The summed E-state index contributed by atoms with van der Waals surface area (Å²) < 4.78 is 0. The third kappa shape index (κ3) is 6.91. The zero-order chi connectivity index (χ0) is 23.7. The van der Waals surface area contributed by atoms with Gasteiger partial charge in [0, 0.05) is 0 Å². The largest absolute Gasteiger partial charge is 0.0654 e. The highest BCUT2D eigenvalue weighted by molar-refractivity contribution is 5.31. The Morgan fingerprint density at radius 3 is 1.71 bits per heavy atom. The van der Waals surface area contributed by atoms with Gasteiger partial charge in [0.15, 0.2) is 0 Å². The molecule has 2 bridgehead atoms. The van der Waals surface area contributed by atoms with E-state index in [1.807, 2.05) is 0 Å². The van der Waals surface area contributed by atoms with Crippen molar-refractivity contribution in [2.24, 2.45) is 17.3 Å². The molecule has 1 aromatic rings. The van der Waals surface area contributed by atoms with Gasteiger partial charge in [-0.2, -0.15) is 0 Å². The van der Waals surface area contributed by atoms with Gasteiger partial charge in [0.2, 0.25) is 0 Å². The van der Waals surface area contributed by atoms with Gasteiger partial charge in [-0.1, -0.05) is 122 Å². The summed E-state index contributed by atoms with van der Waals surface area (Å²) in [6.07, 6.45) is 32.2. The zero-order valence-electron chi connectivity index (χ0n) is 23.0. The molecule has 0 heterocycles. The molecule has 4 fully saturated rings. The third-order valence-corrected chi connectivity index (χ3v) is 10.8. The lowest BCUT2D eigenvalue weighted by Crippen LogP contribution is -2.44. The van der Waals surface area contributed by atoms with E-state index in [0.29, 0.717) is 5.41 Å². The SMILES string of the molecule is CCCCCC1CCC(CCCCc2ccc(C34CCC(CCCCC)(CC3)CC4)cc2)CC1. The maximum absolute atomic E-state index is 2.53. The van der Waals surface area contributed by atoms with E-state index in [0.717, 1.165) is 17.3 Å². The average molecular weight is 465 g/mol. The lowest BCUT2D eigenvalue weighted by Gasteiger charge is -2.54. The van der Waals surface area contributed by atoms with Crippen molar-refractivity contribution >= 4 is 0 Å². The minimum atomic E-state index is 0.528. The molecule has 0 amide bonds. The Morgan fingerprint density at radius 2 is 1.15 bits per heavy atom. The first-order valence-corrected chi connectivity index (χ1v) is 15.8. The second kappa shape index (κ2) is 13.0. The molecule has 4 aliphatic rings. The molecular weight excluding hydrogens is 408 g/mol. The summed E-state index contributed by atoms with van der Waals surface area (Å²) in [5.74, 6) is 2.10. The highest BCUT2D eigenvalue weighted by Crippen LogP contribution is 2.59. The standard InChI is InChI=1S/C34H56/c1-3-5-7-11-29-14-16-30(17-15-29)12-8-9-13-31-18-20-32(21-19-31)34-26-23-33(24-27-34,25-28-34)22-10-6-4-2/h18-21,29-30H,3-17,22-28H2,1-2H3. The summed E-state index contributed by atoms with van der Waals surface area (Å²) in [4.78, 5) is 0. The normalized spacial score (nSPS) is 31.1. The van der Waals surface area contributed by atoms with Crippen molar-refractivity contribution in [3.8, 4) is 0 Å². The Morgan fingerprint density at radius 1 is 0.618 bits per heavy atom. The van der Waals surface area contributed by atoms with Gasteiger partial charge in [-0.25, -0.2) is 0 Å². The second-order valence-corrected chi connectivity index (χ2v) is 13.1. The fourth-order valence-corrected chi connectivity index (χ4v) is 8.10. The van der Waals surface area contributed by atoms with Crippen molar-refractivity contribution in [1.82, 2.24) is 0 Å². The van der Waals surface area contributed by atoms with Crippen LogP contribution in [0.3, 0.4) is 0 Å². The van der Waals surface area contributed by atoms with E-state index in [4.69, 9.17) is 0 Å². The number of rotatable bonds is 14. The molecule has 5 rings (SSSR count). The summed E-state index contributed by atoms with van der Waals surface area (Å²) in [6, 6.07) is 10.0. The molecule has 0 saturated heterocycles. The van der Waals surface area contributed by atoms with Gasteiger partial charge >= 0.3 is 0 Å². The predicted molar refractivity (Wildman–Crippen MR) is 150 cm³/mol. The first kappa shape index (κ1) is 26.3. The van der Waals surface area contributed by atoms with Gasteiger partial charge in [0.25, 0.3) is 0 Å². The minimum absolute atomic E-state index is 0.528. The smallest absolute Gasteiger partial charge is 0.00463 e. The fraction of sp³-hybridized carbons (Fsp3) is 0.824. The molecule has 0 heteroatoms. The van der Waals surface area contributed by atoms with Crippen LogP contribution in [0.5, 0.6) is 0 Å². The topological polar surface area (TPSA) is 0 Å². The molecule has 34 heavy (non-hydrogen) atoms. The Kier molecular flexibility index (Phi) is 10.0. The van der Waals surface area contributed by atoms with Crippen LogP contribution in [0.1, 0.15) is 160 Å². The molecule has 0 aromatic heterocycles. The molecule has 4 aliphatic carbocycles. The van der Waals surface area contributed by atoms with E-state index in [2.05, 4.69) is 38.1 Å². The van der Waals surface area contributed by atoms with Gasteiger partial charge in [-0.15, -0.1) is 0 Å². The van der Waals surface area contributed by atoms with Crippen molar-refractivity contribution in [2.75, 3.05) is 0 Å².